The van der Waals surface area contributed by atoms with E-state index >= 15 is 0 Å². The van der Waals surface area contributed by atoms with E-state index in [4.69, 9.17) is 14.6 Å². The first-order chi connectivity index (χ1) is 13.1. The highest BCUT2D eigenvalue weighted by Gasteiger charge is 2.12. The molecule has 27 heavy (non-hydrogen) atoms. The van der Waals surface area contributed by atoms with Gasteiger partial charge >= 0.3 is 5.97 Å². The van der Waals surface area contributed by atoms with Crippen LogP contribution in [0.1, 0.15) is 29.3 Å². The highest BCUT2D eigenvalue weighted by molar-refractivity contribution is 5.87. The molecular formula is C19H18FN3O4. The van der Waals surface area contributed by atoms with Crippen molar-refractivity contribution in [2.75, 3.05) is 6.61 Å². The second kappa shape index (κ2) is 8.31. The Balaban J connectivity index is 1.80. The number of aromatic carboxylic acids is 1. The van der Waals surface area contributed by atoms with E-state index in [-0.39, 0.29) is 18.0 Å². The molecular weight excluding hydrogens is 353 g/mol. The number of carbonyl (C=O) groups is 1. The number of nitrogens with zero attached hydrogens (tertiary/aromatic N) is 3. The van der Waals surface area contributed by atoms with Crippen molar-refractivity contribution in [2.45, 2.75) is 20.0 Å². The number of aromatic nitrogens is 3. The number of pyridine rings is 1. The summed E-state index contributed by atoms with van der Waals surface area (Å²) < 4.78 is 26.2. The van der Waals surface area contributed by atoms with Gasteiger partial charge in [0, 0.05) is 23.9 Å². The number of rotatable bonds is 8. The van der Waals surface area contributed by atoms with Gasteiger partial charge in [0.05, 0.1) is 18.4 Å². The molecule has 0 aliphatic rings. The molecule has 0 saturated heterocycles. The fourth-order valence-electron chi connectivity index (χ4n) is 2.39. The number of halogens is 1. The standard InChI is InChI=1S/C19H18FN3O4/c1-2-9-26-16-11-15(20)4-3-14(16)12-27-18-6-8-22-23(18)17-10-13(19(24)25)5-7-21-17/h3-8,10-11H,2,9,12H2,1H3,(H,24,25). The van der Waals surface area contributed by atoms with Crippen LogP contribution in [-0.2, 0) is 6.61 Å². The number of benzene rings is 1. The number of ether oxygens (including phenoxy) is 2. The lowest BCUT2D eigenvalue weighted by Crippen LogP contribution is -2.08. The minimum atomic E-state index is -1.06. The van der Waals surface area contributed by atoms with Crippen molar-refractivity contribution in [2.24, 2.45) is 0 Å². The minimum Gasteiger partial charge on any atom is -0.493 e. The Kier molecular flexibility index (Phi) is 5.65. The van der Waals surface area contributed by atoms with Crippen molar-refractivity contribution in [3.8, 4) is 17.4 Å². The molecule has 0 atom stereocenters. The first kappa shape index (κ1) is 18.4. The number of carboxylic acid groups (broad SMARTS) is 1. The van der Waals surface area contributed by atoms with Crippen LogP contribution in [0.2, 0.25) is 0 Å². The molecule has 0 fully saturated rings. The Labute approximate surface area is 155 Å². The molecule has 140 valence electrons. The normalized spacial score (nSPS) is 10.6. The van der Waals surface area contributed by atoms with Crippen molar-refractivity contribution < 1.29 is 23.8 Å². The van der Waals surface area contributed by atoms with Crippen molar-refractivity contribution >= 4 is 5.97 Å². The molecule has 0 bridgehead atoms. The third kappa shape index (κ3) is 4.41. The zero-order valence-corrected chi connectivity index (χ0v) is 14.6. The lowest BCUT2D eigenvalue weighted by Gasteiger charge is -2.13. The fourth-order valence-corrected chi connectivity index (χ4v) is 2.39. The molecule has 1 N–H and O–H groups in total. The van der Waals surface area contributed by atoms with E-state index in [2.05, 4.69) is 10.1 Å². The van der Waals surface area contributed by atoms with Crippen molar-refractivity contribution in [1.82, 2.24) is 14.8 Å². The molecule has 1 aromatic carbocycles. The van der Waals surface area contributed by atoms with Gasteiger partial charge < -0.3 is 14.6 Å². The van der Waals surface area contributed by atoms with Crippen molar-refractivity contribution in [3.63, 3.8) is 0 Å². The average Bonchev–Trinajstić information content (AvgIpc) is 3.14. The topological polar surface area (TPSA) is 86.5 Å². The van der Waals surface area contributed by atoms with E-state index in [1.807, 2.05) is 6.92 Å². The lowest BCUT2D eigenvalue weighted by molar-refractivity contribution is 0.0696. The van der Waals surface area contributed by atoms with Crippen LogP contribution in [0.5, 0.6) is 11.6 Å². The molecule has 0 aliphatic heterocycles. The highest BCUT2D eigenvalue weighted by atomic mass is 19.1. The first-order valence-electron chi connectivity index (χ1n) is 8.36. The average molecular weight is 371 g/mol. The zero-order valence-electron chi connectivity index (χ0n) is 14.6. The van der Waals surface area contributed by atoms with Gasteiger partial charge in [-0.15, -0.1) is 0 Å². The van der Waals surface area contributed by atoms with E-state index in [0.717, 1.165) is 6.42 Å². The number of carboxylic acids is 1. The summed E-state index contributed by atoms with van der Waals surface area (Å²) in [4.78, 5) is 15.3. The molecule has 0 saturated carbocycles. The zero-order chi connectivity index (χ0) is 19.2. The summed E-state index contributed by atoms with van der Waals surface area (Å²) in [6.45, 7) is 2.57. The summed E-state index contributed by atoms with van der Waals surface area (Å²) in [6.07, 6.45) is 3.71. The molecule has 8 heteroatoms. The summed E-state index contributed by atoms with van der Waals surface area (Å²) in [5.41, 5.74) is 0.778. The van der Waals surface area contributed by atoms with E-state index in [0.29, 0.717) is 29.6 Å². The fraction of sp³-hybridized carbons (Fsp3) is 0.211. The molecule has 0 aliphatic carbocycles. The molecule has 0 unspecified atom stereocenters. The van der Waals surface area contributed by atoms with Gasteiger partial charge in [-0.1, -0.05) is 6.92 Å². The quantitative estimate of drug-likeness (QED) is 0.652. The van der Waals surface area contributed by atoms with Crippen LogP contribution in [0.4, 0.5) is 4.39 Å². The Morgan fingerprint density at radius 3 is 2.81 bits per heavy atom. The van der Waals surface area contributed by atoms with Crippen LogP contribution in [0.25, 0.3) is 5.82 Å². The van der Waals surface area contributed by atoms with Gasteiger partial charge in [0.25, 0.3) is 0 Å². The summed E-state index contributed by atoms with van der Waals surface area (Å²) in [5.74, 6) is -0.330. The Hall–Kier alpha value is -3.42. The molecule has 2 aromatic heterocycles. The molecule has 0 radical (unpaired) electrons. The first-order valence-corrected chi connectivity index (χ1v) is 8.36. The third-order valence-corrected chi connectivity index (χ3v) is 3.68. The van der Waals surface area contributed by atoms with Gasteiger partial charge in [-0.3, -0.25) is 0 Å². The lowest BCUT2D eigenvalue weighted by atomic mass is 10.2. The van der Waals surface area contributed by atoms with Gasteiger partial charge in [0.1, 0.15) is 18.2 Å². The second-order valence-corrected chi connectivity index (χ2v) is 5.68. The van der Waals surface area contributed by atoms with Gasteiger partial charge in [0.15, 0.2) is 5.82 Å². The largest absolute Gasteiger partial charge is 0.493 e. The van der Waals surface area contributed by atoms with Crippen LogP contribution < -0.4 is 9.47 Å². The van der Waals surface area contributed by atoms with Crippen molar-refractivity contribution in [3.05, 3.63) is 65.7 Å². The molecule has 0 amide bonds. The minimum absolute atomic E-state index is 0.0928. The Morgan fingerprint density at radius 2 is 2.04 bits per heavy atom. The highest BCUT2D eigenvalue weighted by Crippen LogP contribution is 2.23. The van der Waals surface area contributed by atoms with Crippen LogP contribution in [0, 0.1) is 5.82 Å². The summed E-state index contributed by atoms with van der Waals surface area (Å²) >= 11 is 0. The molecule has 3 aromatic rings. The van der Waals surface area contributed by atoms with E-state index in [1.165, 1.54) is 41.3 Å². The van der Waals surface area contributed by atoms with E-state index < -0.39 is 5.97 Å². The van der Waals surface area contributed by atoms with E-state index in [9.17, 15) is 9.18 Å². The number of hydrogen-bond acceptors (Lipinski definition) is 5. The maximum atomic E-state index is 13.5. The Bertz CT molecular complexity index is 942. The molecule has 2 heterocycles. The van der Waals surface area contributed by atoms with Crippen molar-refractivity contribution in [1.29, 1.82) is 0 Å². The summed E-state index contributed by atoms with van der Waals surface area (Å²) in [5, 5.41) is 13.2. The Morgan fingerprint density at radius 1 is 1.19 bits per heavy atom. The SMILES string of the molecule is CCCOc1cc(F)ccc1COc1ccnn1-c1cc(C(=O)O)ccn1. The maximum absolute atomic E-state index is 13.5. The van der Waals surface area contributed by atoms with Gasteiger partial charge in [0.2, 0.25) is 5.88 Å². The monoisotopic (exact) mass is 371 g/mol. The van der Waals surface area contributed by atoms with Gasteiger partial charge in [-0.25, -0.2) is 14.2 Å². The van der Waals surface area contributed by atoms with Crippen LogP contribution in [-0.4, -0.2) is 32.4 Å². The van der Waals surface area contributed by atoms with Crippen LogP contribution in [0.3, 0.4) is 0 Å². The predicted octanol–water partition coefficient (Wildman–Crippen LogP) is 3.47. The second-order valence-electron chi connectivity index (χ2n) is 5.68. The van der Waals surface area contributed by atoms with Gasteiger partial charge in [-0.2, -0.15) is 9.78 Å². The third-order valence-electron chi connectivity index (χ3n) is 3.68. The molecule has 3 rings (SSSR count). The van der Waals surface area contributed by atoms with Crippen LogP contribution >= 0.6 is 0 Å². The molecule has 0 spiro atoms. The summed E-state index contributed by atoms with van der Waals surface area (Å²) in [7, 11) is 0. The van der Waals surface area contributed by atoms with Gasteiger partial charge in [-0.05, 0) is 30.7 Å². The van der Waals surface area contributed by atoms with Crippen LogP contribution in [0.15, 0.2) is 48.8 Å². The number of hydrogen-bond donors (Lipinski definition) is 1. The smallest absolute Gasteiger partial charge is 0.335 e. The maximum Gasteiger partial charge on any atom is 0.335 e. The van der Waals surface area contributed by atoms with E-state index in [1.54, 1.807) is 12.1 Å². The molecule has 7 nitrogen and oxygen atoms in total. The summed E-state index contributed by atoms with van der Waals surface area (Å²) in [6, 6.07) is 8.69. The predicted molar refractivity (Wildman–Crippen MR) is 94.8 cm³/mol.